The highest BCUT2D eigenvalue weighted by Gasteiger charge is 2.43. The molecule has 1 unspecified atom stereocenters. The molecule has 2 aromatic rings. The summed E-state index contributed by atoms with van der Waals surface area (Å²) in [7, 11) is 0. The SMILES string of the molecule is CCc1cnc(N2CCN(C(=O)c3ccc(C4(C)NC(=O)NC4=O)cc3F)CC2)c(C)c1. The molecule has 1 aromatic carbocycles. The van der Waals surface area contributed by atoms with Gasteiger partial charge in [-0.25, -0.2) is 14.2 Å². The number of aryl methyl sites for hydroxylation is 2. The number of amides is 4. The first-order valence-electron chi connectivity index (χ1n) is 10.7. The second-order valence-electron chi connectivity index (χ2n) is 8.34. The highest BCUT2D eigenvalue weighted by atomic mass is 19.1. The van der Waals surface area contributed by atoms with Crippen LogP contribution in [0, 0.1) is 12.7 Å². The zero-order valence-corrected chi connectivity index (χ0v) is 18.4. The van der Waals surface area contributed by atoms with Crippen LogP contribution in [0.2, 0.25) is 0 Å². The van der Waals surface area contributed by atoms with Crippen LogP contribution in [0.15, 0.2) is 30.5 Å². The van der Waals surface area contributed by atoms with Crippen LogP contribution in [0.25, 0.3) is 0 Å². The Morgan fingerprint density at radius 1 is 1.19 bits per heavy atom. The van der Waals surface area contributed by atoms with Gasteiger partial charge in [0.25, 0.3) is 11.8 Å². The fraction of sp³-hybridized carbons (Fsp3) is 0.391. The van der Waals surface area contributed by atoms with Gasteiger partial charge in [-0.05, 0) is 49.1 Å². The van der Waals surface area contributed by atoms with Gasteiger partial charge in [-0.2, -0.15) is 0 Å². The smallest absolute Gasteiger partial charge is 0.322 e. The van der Waals surface area contributed by atoms with Gasteiger partial charge < -0.3 is 15.1 Å². The topological polar surface area (TPSA) is 94.6 Å². The summed E-state index contributed by atoms with van der Waals surface area (Å²) >= 11 is 0. The van der Waals surface area contributed by atoms with Gasteiger partial charge in [0.1, 0.15) is 17.2 Å². The Hall–Kier alpha value is -3.49. The molecule has 168 valence electrons. The molecular weight excluding hydrogens is 413 g/mol. The van der Waals surface area contributed by atoms with E-state index in [4.69, 9.17) is 0 Å². The van der Waals surface area contributed by atoms with Gasteiger partial charge in [0.05, 0.1) is 5.56 Å². The molecule has 2 saturated heterocycles. The number of aromatic nitrogens is 1. The van der Waals surface area contributed by atoms with Gasteiger partial charge >= 0.3 is 6.03 Å². The molecule has 2 aliphatic heterocycles. The number of pyridine rings is 1. The number of nitrogens with one attached hydrogen (secondary N) is 2. The predicted octanol–water partition coefficient (Wildman–Crippen LogP) is 2.11. The molecule has 0 bridgehead atoms. The number of piperazine rings is 1. The van der Waals surface area contributed by atoms with Crippen LogP contribution in [0.4, 0.5) is 15.0 Å². The summed E-state index contributed by atoms with van der Waals surface area (Å²) in [4.78, 5) is 44.9. The Kier molecular flexibility index (Phi) is 5.58. The molecule has 9 heteroatoms. The maximum absolute atomic E-state index is 14.9. The van der Waals surface area contributed by atoms with Crippen molar-refractivity contribution in [2.24, 2.45) is 0 Å². The summed E-state index contributed by atoms with van der Waals surface area (Å²) in [6.45, 7) is 7.73. The predicted molar refractivity (Wildman–Crippen MR) is 117 cm³/mol. The van der Waals surface area contributed by atoms with Crippen molar-refractivity contribution in [2.45, 2.75) is 32.7 Å². The number of carbonyl (C=O) groups is 3. The Bertz CT molecular complexity index is 1100. The van der Waals surface area contributed by atoms with Gasteiger partial charge in [0.2, 0.25) is 0 Å². The second kappa shape index (κ2) is 8.22. The average molecular weight is 439 g/mol. The Morgan fingerprint density at radius 3 is 2.47 bits per heavy atom. The van der Waals surface area contributed by atoms with E-state index in [0.29, 0.717) is 26.2 Å². The van der Waals surface area contributed by atoms with Crippen molar-refractivity contribution < 1.29 is 18.8 Å². The number of benzene rings is 1. The minimum atomic E-state index is -1.37. The number of urea groups is 1. The van der Waals surface area contributed by atoms with E-state index >= 15 is 0 Å². The molecule has 2 N–H and O–H groups in total. The van der Waals surface area contributed by atoms with E-state index in [2.05, 4.69) is 33.5 Å². The summed E-state index contributed by atoms with van der Waals surface area (Å²) in [5, 5.41) is 4.64. The molecule has 2 aliphatic rings. The molecule has 0 radical (unpaired) electrons. The molecular formula is C23H26FN5O3. The van der Waals surface area contributed by atoms with E-state index in [0.717, 1.165) is 23.9 Å². The third kappa shape index (κ3) is 3.79. The molecule has 2 fully saturated rings. The lowest BCUT2D eigenvalue weighted by Crippen LogP contribution is -2.49. The van der Waals surface area contributed by atoms with E-state index < -0.39 is 29.2 Å². The number of hydrogen-bond acceptors (Lipinski definition) is 5. The van der Waals surface area contributed by atoms with Crippen molar-refractivity contribution in [3.05, 3.63) is 58.5 Å². The van der Waals surface area contributed by atoms with E-state index in [-0.39, 0.29) is 11.1 Å². The minimum Gasteiger partial charge on any atom is -0.353 e. The fourth-order valence-corrected chi connectivity index (χ4v) is 4.19. The molecule has 0 aliphatic carbocycles. The number of carbonyl (C=O) groups excluding carboxylic acids is 3. The van der Waals surface area contributed by atoms with Crippen molar-refractivity contribution in [1.82, 2.24) is 20.5 Å². The highest BCUT2D eigenvalue weighted by Crippen LogP contribution is 2.27. The van der Waals surface area contributed by atoms with Gasteiger partial charge in [-0.15, -0.1) is 0 Å². The van der Waals surface area contributed by atoms with Crippen LogP contribution in [0.5, 0.6) is 0 Å². The summed E-state index contributed by atoms with van der Waals surface area (Å²) in [5.74, 6) is -0.773. The first kappa shape index (κ1) is 21.7. The third-order valence-corrected chi connectivity index (χ3v) is 6.20. The number of halogens is 1. The summed E-state index contributed by atoms with van der Waals surface area (Å²) in [5.41, 5.74) is 1.13. The molecule has 4 amide bonds. The van der Waals surface area contributed by atoms with Crippen molar-refractivity contribution in [3.63, 3.8) is 0 Å². The van der Waals surface area contributed by atoms with Crippen LogP contribution < -0.4 is 15.5 Å². The molecule has 1 aromatic heterocycles. The fourth-order valence-electron chi connectivity index (χ4n) is 4.19. The summed E-state index contributed by atoms with van der Waals surface area (Å²) in [6, 6.07) is 5.50. The molecule has 8 nitrogen and oxygen atoms in total. The highest BCUT2D eigenvalue weighted by molar-refractivity contribution is 6.07. The molecule has 4 rings (SSSR count). The van der Waals surface area contributed by atoms with Crippen LogP contribution in [0.1, 0.15) is 40.9 Å². The summed E-state index contributed by atoms with van der Waals surface area (Å²) < 4.78 is 14.9. The monoisotopic (exact) mass is 439 g/mol. The standard InChI is InChI=1S/C23H26FN5O3/c1-4-15-11-14(2)19(25-13-15)28-7-9-29(10-8-28)20(30)17-6-5-16(12-18(17)24)23(3)21(31)26-22(32)27-23/h5-6,11-13H,4,7-10H2,1-3H3,(H2,26,27,31,32). The molecule has 1 atom stereocenters. The largest absolute Gasteiger partial charge is 0.353 e. The van der Waals surface area contributed by atoms with Crippen molar-refractivity contribution in [2.75, 3.05) is 31.1 Å². The summed E-state index contributed by atoms with van der Waals surface area (Å²) in [6.07, 6.45) is 2.81. The van der Waals surface area contributed by atoms with E-state index in [1.54, 1.807) is 4.90 Å². The lowest BCUT2D eigenvalue weighted by Gasteiger charge is -2.36. The van der Waals surface area contributed by atoms with Gasteiger partial charge in [0, 0.05) is 32.4 Å². The third-order valence-electron chi connectivity index (χ3n) is 6.20. The zero-order valence-electron chi connectivity index (χ0n) is 18.4. The number of nitrogens with zero attached hydrogens (tertiary/aromatic N) is 3. The van der Waals surface area contributed by atoms with Gasteiger partial charge in [0.15, 0.2) is 0 Å². The van der Waals surface area contributed by atoms with E-state index in [1.807, 2.05) is 13.1 Å². The molecule has 32 heavy (non-hydrogen) atoms. The van der Waals surface area contributed by atoms with Gasteiger partial charge in [-0.3, -0.25) is 14.9 Å². The van der Waals surface area contributed by atoms with Crippen LogP contribution in [-0.2, 0) is 16.8 Å². The van der Waals surface area contributed by atoms with Crippen LogP contribution >= 0.6 is 0 Å². The Labute approximate surface area is 185 Å². The lowest BCUT2D eigenvalue weighted by atomic mass is 9.91. The average Bonchev–Trinajstić information content (AvgIpc) is 3.05. The maximum atomic E-state index is 14.9. The van der Waals surface area contributed by atoms with Crippen molar-refractivity contribution in [3.8, 4) is 0 Å². The Morgan fingerprint density at radius 2 is 1.91 bits per heavy atom. The normalized spacial score (nSPS) is 20.9. The Balaban J connectivity index is 1.45. The first-order chi connectivity index (χ1) is 15.2. The van der Waals surface area contributed by atoms with Crippen molar-refractivity contribution in [1.29, 1.82) is 0 Å². The van der Waals surface area contributed by atoms with Gasteiger partial charge in [-0.1, -0.05) is 19.1 Å². The second-order valence-corrected chi connectivity index (χ2v) is 8.34. The van der Waals surface area contributed by atoms with E-state index in [9.17, 15) is 18.8 Å². The van der Waals surface area contributed by atoms with E-state index in [1.165, 1.54) is 24.6 Å². The quantitative estimate of drug-likeness (QED) is 0.712. The first-order valence-corrected chi connectivity index (χ1v) is 10.7. The molecule has 0 spiro atoms. The number of imide groups is 1. The lowest BCUT2D eigenvalue weighted by molar-refractivity contribution is -0.123. The van der Waals surface area contributed by atoms with Crippen molar-refractivity contribution >= 4 is 23.7 Å². The maximum Gasteiger partial charge on any atom is 0.322 e. The number of rotatable bonds is 4. The zero-order chi connectivity index (χ0) is 23.0. The molecule has 0 saturated carbocycles. The van der Waals surface area contributed by atoms with Crippen LogP contribution in [0.3, 0.4) is 0 Å². The number of anilines is 1. The van der Waals surface area contributed by atoms with Crippen LogP contribution in [-0.4, -0.2) is 53.9 Å². The number of hydrogen-bond donors (Lipinski definition) is 2. The molecule has 3 heterocycles. The minimum absolute atomic E-state index is 0.0582.